The van der Waals surface area contributed by atoms with E-state index >= 15 is 0 Å². The molecule has 2 heteroatoms. The van der Waals surface area contributed by atoms with E-state index in [1.807, 2.05) is 18.2 Å². The average molecular weight is 259 g/mol. The molecule has 1 aromatic heterocycles. The Kier molecular flexibility index (Phi) is 5.46. The van der Waals surface area contributed by atoms with Crippen LogP contribution in [0.25, 0.3) is 11.0 Å². The second-order valence-corrected chi connectivity index (χ2v) is 5.28. The largest absolute Gasteiger partial charge is 0.459 e. The molecule has 1 heterocycles. The normalized spacial score (nSPS) is 12.9. The number of rotatable bonds is 8. The Balaban J connectivity index is 1.78. The van der Waals surface area contributed by atoms with Crippen LogP contribution in [0.5, 0.6) is 0 Å². The lowest BCUT2D eigenvalue weighted by Crippen LogP contribution is -2.19. The van der Waals surface area contributed by atoms with Crippen LogP contribution >= 0.6 is 0 Å². The first-order valence-electron chi connectivity index (χ1n) is 7.53. The predicted octanol–water partition coefficient (Wildman–Crippen LogP) is 5.05. The highest BCUT2D eigenvalue weighted by Gasteiger charge is 2.10. The molecule has 2 aromatic rings. The Labute approximate surface area is 116 Å². The van der Waals surface area contributed by atoms with Gasteiger partial charge >= 0.3 is 0 Å². The third-order valence-electron chi connectivity index (χ3n) is 3.60. The van der Waals surface area contributed by atoms with Gasteiger partial charge in [-0.2, -0.15) is 0 Å². The minimum Gasteiger partial charge on any atom is -0.459 e. The highest BCUT2D eigenvalue weighted by atomic mass is 16.3. The number of nitrogens with one attached hydrogen (secondary N) is 1. The SMILES string of the molecule is CCCCCCCNC(C)c1cc2ccccc2o1. The number of para-hydroxylation sites is 1. The number of benzene rings is 1. The number of furan rings is 1. The Morgan fingerprint density at radius 1 is 1.11 bits per heavy atom. The van der Waals surface area contributed by atoms with Crippen LogP contribution in [0.15, 0.2) is 34.7 Å². The first-order valence-corrected chi connectivity index (χ1v) is 7.53. The summed E-state index contributed by atoms with van der Waals surface area (Å²) in [5, 5.41) is 4.73. The van der Waals surface area contributed by atoms with Crippen LogP contribution in [0, 0.1) is 0 Å². The van der Waals surface area contributed by atoms with E-state index in [-0.39, 0.29) is 0 Å². The fraction of sp³-hybridized carbons (Fsp3) is 0.529. The Morgan fingerprint density at radius 2 is 1.89 bits per heavy atom. The molecule has 0 aliphatic rings. The summed E-state index contributed by atoms with van der Waals surface area (Å²) in [6, 6.07) is 10.6. The van der Waals surface area contributed by atoms with Crippen LogP contribution in [0.3, 0.4) is 0 Å². The number of fused-ring (bicyclic) bond motifs is 1. The molecule has 2 nitrogen and oxygen atoms in total. The molecule has 1 N–H and O–H groups in total. The minimum absolute atomic E-state index is 0.290. The molecule has 19 heavy (non-hydrogen) atoms. The highest BCUT2D eigenvalue weighted by molar-refractivity contribution is 5.77. The molecule has 0 saturated carbocycles. The monoisotopic (exact) mass is 259 g/mol. The maximum absolute atomic E-state index is 5.86. The lowest BCUT2D eigenvalue weighted by molar-refractivity contribution is 0.443. The van der Waals surface area contributed by atoms with Gasteiger partial charge in [-0.05, 0) is 32.0 Å². The van der Waals surface area contributed by atoms with Gasteiger partial charge in [-0.3, -0.25) is 0 Å². The van der Waals surface area contributed by atoms with Crippen molar-refractivity contribution in [2.45, 2.75) is 52.0 Å². The van der Waals surface area contributed by atoms with E-state index in [1.165, 1.54) is 37.5 Å². The van der Waals surface area contributed by atoms with Crippen LogP contribution in [0.2, 0.25) is 0 Å². The summed E-state index contributed by atoms with van der Waals surface area (Å²) < 4.78 is 5.86. The van der Waals surface area contributed by atoms with Gasteiger partial charge in [0.2, 0.25) is 0 Å². The van der Waals surface area contributed by atoms with Crippen molar-refractivity contribution in [3.05, 3.63) is 36.1 Å². The average Bonchev–Trinajstić information content (AvgIpc) is 2.86. The first kappa shape index (κ1) is 14.1. The van der Waals surface area contributed by atoms with E-state index in [0.717, 1.165) is 17.9 Å². The standard InChI is InChI=1S/C17H25NO/c1-3-4-5-6-9-12-18-14(2)17-13-15-10-7-8-11-16(15)19-17/h7-8,10-11,13-14,18H,3-6,9,12H2,1-2H3. The molecule has 0 bridgehead atoms. The van der Waals surface area contributed by atoms with E-state index in [1.54, 1.807) is 0 Å². The topological polar surface area (TPSA) is 25.2 Å². The van der Waals surface area contributed by atoms with Crippen LogP contribution in [0.4, 0.5) is 0 Å². The van der Waals surface area contributed by atoms with Crippen molar-refractivity contribution in [2.75, 3.05) is 6.54 Å². The Morgan fingerprint density at radius 3 is 2.68 bits per heavy atom. The summed E-state index contributed by atoms with van der Waals surface area (Å²) in [7, 11) is 0. The van der Waals surface area contributed by atoms with Gasteiger partial charge in [0.25, 0.3) is 0 Å². The quantitative estimate of drug-likeness (QED) is 0.671. The van der Waals surface area contributed by atoms with Crippen molar-refractivity contribution in [1.82, 2.24) is 5.32 Å². The number of hydrogen-bond acceptors (Lipinski definition) is 2. The van der Waals surface area contributed by atoms with Gasteiger partial charge in [-0.25, -0.2) is 0 Å². The molecule has 1 atom stereocenters. The molecule has 1 unspecified atom stereocenters. The van der Waals surface area contributed by atoms with E-state index in [0.29, 0.717) is 6.04 Å². The molecule has 2 rings (SSSR count). The molecule has 0 radical (unpaired) electrons. The van der Waals surface area contributed by atoms with Gasteiger partial charge in [-0.15, -0.1) is 0 Å². The van der Waals surface area contributed by atoms with Gasteiger partial charge in [0.15, 0.2) is 0 Å². The second kappa shape index (κ2) is 7.34. The van der Waals surface area contributed by atoms with Crippen LogP contribution in [-0.4, -0.2) is 6.54 Å². The molecule has 0 aliphatic heterocycles. The Hall–Kier alpha value is -1.28. The smallest absolute Gasteiger partial charge is 0.134 e. The summed E-state index contributed by atoms with van der Waals surface area (Å²) in [5.41, 5.74) is 0.981. The molecule has 1 aromatic carbocycles. The van der Waals surface area contributed by atoms with E-state index in [9.17, 15) is 0 Å². The third kappa shape index (κ3) is 4.10. The fourth-order valence-corrected chi connectivity index (χ4v) is 2.36. The third-order valence-corrected chi connectivity index (χ3v) is 3.60. The summed E-state index contributed by atoms with van der Waals surface area (Å²) in [5.74, 6) is 1.04. The minimum atomic E-state index is 0.290. The summed E-state index contributed by atoms with van der Waals surface area (Å²) in [4.78, 5) is 0. The molecule has 0 fully saturated rings. The molecular formula is C17H25NO. The lowest BCUT2D eigenvalue weighted by Gasteiger charge is -2.10. The lowest BCUT2D eigenvalue weighted by atomic mass is 10.1. The molecule has 0 spiro atoms. The van der Waals surface area contributed by atoms with Crippen molar-refractivity contribution in [3.63, 3.8) is 0 Å². The maximum Gasteiger partial charge on any atom is 0.134 e. The molecular weight excluding hydrogens is 234 g/mol. The number of hydrogen-bond donors (Lipinski definition) is 1. The van der Waals surface area contributed by atoms with Crippen LogP contribution < -0.4 is 5.32 Å². The van der Waals surface area contributed by atoms with Crippen LogP contribution in [-0.2, 0) is 0 Å². The summed E-state index contributed by atoms with van der Waals surface area (Å²) >= 11 is 0. The van der Waals surface area contributed by atoms with Crippen molar-refractivity contribution < 1.29 is 4.42 Å². The van der Waals surface area contributed by atoms with Gasteiger partial charge in [0.1, 0.15) is 11.3 Å². The summed E-state index contributed by atoms with van der Waals surface area (Å²) in [6.07, 6.45) is 6.61. The zero-order chi connectivity index (χ0) is 13.5. The zero-order valence-corrected chi connectivity index (χ0v) is 12.1. The van der Waals surface area contributed by atoms with E-state index < -0.39 is 0 Å². The molecule has 104 valence electrons. The first-order chi connectivity index (χ1) is 9.31. The van der Waals surface area contributed by atoms with Gasteiger partial charge in [0, 0.05) is 5.39 Å². The van der Waals surface area contributed by atoms with E-state index in [4.69, 9.17) is 4.42 Å². The zero-order valence-electron chi connectivity index (χ0n) is 12.1. The van der Waals surface area contributed by atoms with Crippen molar-refractivity contribution >= 4 is 11.0 Å². The number of unbranched alkanes of at least 4 members (excludes halogenated alkanes) is 4. The van der Waals surface area contributed by atoms with Gasteiger partial charge in [0.05, 0.1) is 6.04 Å². The molecule has 0 saturated heterocycles. The van der Waals surface area contributed by atoms with Crippen molar-refractivity contribution in [1.29, 1.82) is 0 Å². The fourth-order valence-electron chi connectivity index (χ4n) is 2.36. The summed E-state index contributed by atoms with van der Waals surface area (Å²) in [6.45, 7) is 5.49. The highest BCUT2D eigenvalue weighted by Crippen LogP contribution is 2.23. The Bertz CT molecular complexity index is 456. The predicted molar refractivity (Wildman–Crippen MR) is 81.4 cm³/mol. The van der Waals surface area contributed by atoms with Crippen molar-refractivity contribution in [3.8, 4) is 0 Å². The second-order valence-electron chi connectivity index (χ2n) is 5.28. The van der Waals surface area contributed by atoms with Crippen LogP contribution in [0.1, 0.15) is 57.8 Å². The van der Waals surface area contributed by atoms with Crippen molar-refractivity contribution in [2.24, 2.45) is 0 Å². The van der Waals surface area contributed by atoms with Gasteiger partial charge < -0.3 is 9.73 Å². The van der Waals surface area contributed by atoms with E-state index in [2.05, 4.69) is 31.3 Å². The van der Waals surface area contributed by atoms with Gasteiger partial charge in [-0.1, -0.05) is 50.8 Å². The maximum atomic E-state index is 5.86. The molecule has 0 aliphatic carbocycles. The molecule has 0 amide bonds.